The van der Waals surface area contributed by atoms with Gasteiger partial charge in [-0.3, -0.25) is 9.59 Å². The number of carbonyl (C=O) groups is 3. The van der Waals surface area contributed by atoms with E-state index in [1.165, 1.54) is 6.34 Å². The highest BCUT2D eigenvalue weighted by Crippen LogP contribution is 2.27. The number of nitrogens with two attached hydrogens (primary N) is 1. The van der Waals surface area contributed by atoms with E-state index in [2.05, 4.69) is 16.7 Å². The molecule has 0 aromatic heterocycles. The quantitative estimate of drug-likeness (QED) is 0.409. The number of hydrogen-bond donors (Lipinski definition) is 3. The third-order valence-corrected chi connectivity index (χ3v) is 4.43. The number of carboxylic acids is 2. The summed E-state index contributed by atoms with van der Waals surface area (Å²) in [6.45, 7) is 14.6. The number of aliphatic imine (C=N–C) groups is 1. The Kier molecular flexibility index (Phi) is 15.5. The molecule has 0 aromatic rings. The Balaban J connectivity index is 0.000000846. The molecule has 0 radical (unpaired) electrons. The normalized spacial score (nSPS) is 19.8. The largest absolute Gasteiger partial charge is 0.508 e. The molecule has 204 valence electrons. The van der Waals surface area contributed by atoms with Crippen LogP contribution < -0.4 is 5.73 Å². The third kappa shape index (κ3) is 13.5. The third-order valence-electron chi connectivity index (χ3n) is 4.43. The lowest BCUT2D eigenvalue weighted by Gasteiger charge is -2.29. The average molecular weight is 513 g/mol. The highest BCUT2D eigenvalue weighted by Gasteiger charge is 2.33. The summed E-state index contributed by atoms with van der Waals surface area (Å²) >= 11 is 0. The van der Waals surface area contributed by atoms with Crippen LogP contribution in [0.4, 0.5) is 4.79 Å². The lowest BCUT2D eigenvalue weighted by atomic mass is 10.2. The van der Waals surface area contributed by atoms with Gasteiger partial charge < -0.3 is 30.2 Å². The lowest BCUT2D eigenvalue weighted by Crippen LogP contribution is -2.38. The van der Waals surface area contributed by atoms with Crippen molar-refractivity contribution in [2.75, 3.05) is 13.2 Å². The molecule has 4 N–H and O–H groups in total. The Morgan fingerprint density at radius 3 is 2.17 bits per heavy atom. The number of rotatable bonds is 8. The van der Waals surface area contributed by atoms with Crippen LogP contribution in [0.15, 0.2) is 34.5 Å². The van der Waals surface area contributed by atoms with Crippen molar-refractivity contribution in [1.82, 2.24) is 5.01 Å². The van der Waals surface area contributed by atoms with Crippen LogP contribution in [0.1, 0.15) is 54.4 Å². The van der Waals surface area contributed by atoms with Gasteiger partial charge in [-0.25, -0.2) is 14.8 Å². The maximum absolute atomic E-state index is 11.5. The second-order valence-corrected chi connectivity index (χ2v) is 8.92. The fourth-order valence-electron chi connectivity index (χ4n) is 2.32. The second kappa shape index (κ2) is 17.1. The molecule has 0 aliphatic carbocycles. The van der Waals surface area contributed by atoms with Crippen LogP contribution in [-0.4, -0.2) is 71.0 Å². The summed E-state index contributed by atoms with van der Waals surface area (Å²) in [7, 11) is 0. The van der Waals surface area contributed by atoms with Crippen LogP contribution in [0.3, 0.4) is 0 Å². The van der Waals surface area contributed by atoms with Gasteiger partial charge in [-0.05, 0) is 24.8 Å². The van der Waals surface area contributed by atoms with Gasteiger partial charge >= 0.3 is 18.1 Å². The number of hydrazone groups is 1. The smallest absolute Gasteiger partial charge is 0.481 e. The van der Waals surface area contributed by atoms with Crippen molar-refractivity contribution in [3.63, 3.8) is 0 Å². The van der Waals surface area contributed by atoms with Gasteiger partial charge in [0.05, 0.1) is 24.5 Å². The molecule has 1 fully saturated rings. The number of carbonyl (C=O) groups excluding carboxylic acids is 1. The first-order valence-electron chi connectivity index (χ1n) is 11.7. The zero-order chi connectivity index (χ0) is 27.8. The number of hydrogen-bond acceptors (Lipinski definition) is 10. The minimum Gasteiger partial charge on any atom is -0.481 e. The predicted octanol–water partition coefficient (Wildman–Crippen LogP) is 3.44. The van der Waals surface area contributed by atoms with Crippen LogP contribution in [0.25, 0.3) is 0 Å². The van der Waals surface area contributed by atoms with Crippen molar-refractivity contribution in [3.8, 4) is 0 Å². The lowest BCUT2D eigenvalue weighted by molar-refractivity contribution is -0.141. The molecule has 2 atom stereocenters. The van der Waals surface area contributed by atoms with Crippen molar-refractivity contribution < 1.29 is 38.8 Å². The number of amidine groups is 1. The van der Waals surface area contributed by atoms with E-state index in [4.69, 9.17) is 30.2 Å². The molecule has 2 rings (SSSR count). The highest BCUT2D eigenvalue weighted by molar-refractivity contribution is 6.01. The zero-order valence-electron chi connectivity index (χ0n) is 21.9. The fraction of sp³-hybridized carbons (Fsp3) is 0.625. The Labute approximate surface area is 212 Å². The van der Waals surface area contributed by atoms with E-state index in [0.717, 1.165) is 12.8 Å². The molecule has 0 saturated carbocycles. The first kappa shape index (κ1) is 32.6. The summed E-state index contributed by atoms with van der Waals surface area (Å²) in [4.78, 5) is 34.8. The minimum absolute atomic E-state index is 0.148. The van der Waals surface area contributed by atoms with Gasteiger partial charge in [-0.1, -0.05) is 54.2 Å². The number of aliphatic carboxylic acids is 2. The van der Waals surface area contributed by atoms with Crippen molar-refractivity contribution in [1.29, 1.82) is 0 Å². The molecular formula is C24H40N4O8. The van der Waals surface area contributed by atoms with Crippen molar-refractivity contribution in [2.24, 2.45) is 33.6 Å². The molecule has 0 aromatic carbocycles. The van der Waals surface area contributed by atoms with Crippen LogP contribution in [0, 0.1) is 17.8 Å². The highest BCUT2D eigenvalue weighted by atomic mass is 16.7. The first-order valence-corrected chi connectivity index (χ1v) is 11.7. The summed E-state index contributed by atoms with van der Waals surface area (Å²) in [6.07, 6.45) is 5.03. The summed E-state index contributed by atoms with van der Waals surface area (Å²) < 4.78 is 15.9. The van der Waals surface area contributed by atoms with Crippen LogP contribution >= 0.6 is 0 Å². The predicted molar refractivity (Wildman–Crippen MR) is 135 cm³/mol. The zero-order valence-corrected chi connectivity index (χ0v) is 21.9. The standard InChI is InChI=1S/C16H24N4O4.2C4H8O2/c1-4-5-13-15(17)18-10-19-20(13)14-7-6-12(24-14)9-23-16(21)22-8-11(2)3;2*1-3(2)4(5)6/h4-5,10-12,14H,1,6-9H2,2-3H3,(H2,17,18,19);2*3H,1-2H3,(H,5,6)/b13-5-;;. The number of allylic oxidation sites excluding steroid dienone is 2. The van der Waals surface area contributed by atoms with E-state index in [0.29, 0.717) is 18.1 Å². The average Bonchev–Trinajstić information content (AvgIpc) is 3.27. The van der Waals surface area contributed by atoms with Crippen molar-refractivity contribution >= 4 is 30.3 Å². The topological polar surface area (TPSA) is 173 Å². The fourth-order valence-corrected chi connectivity index (χ4v) is 2.32. The van der Waals surface area contributed by atoms with Crippen LogP contribution in [0.2, 0.25) is 0 Å². The van der Waals surface area contributed by atoms with Gasteiger partial charge in [-0.2, -0.15) is 5.10 Å². The summed E-state index contributed by atoms with van der Waals surface area (Å²) in [5.74, 6) is -1.32. The summed E-state index contributed by atoms with van der Waals surface area (Å²) in [5.41, 5.74) is 6.51. The van der Waals surface area contributed by atoms with Crippen LogP contribution in [0.5, 0.6) is 0 Å². The molecule has 2 unspecified atom stereocenters. The monoisotopic (exact) mass is 512 g/mol. The van der Waals surface area contributed by atoms with Crippen molar-refractivity contribution in [2.45, 2.75) is 66.7 Å². The maximum Gasteiger partial charge on any atom is 0.508 e. The second-order valence-electron chi connectivity index (χ2n) is 8.92. The molecular weight excluding hydrogens is 472 g/mol. The molecule has 12 nitrogen and oxygen atoms in total. The van der Waals surface area contributed by atoms with Gasteiger partial charge in [0.15, 0.2) is 12.1 Å². The van der Waals surface area contributed by atoms with Gasteiger partial charge in [0.2, 0.25) is 0 Å². The van der Waals surface area contributed by atoms with Gasteiger partial charge in [0, 0.05) is 0 Å². The molecule has 0 bridgehead atoms. The molecule has 12 heteroatoms. The van der Waals surface area contributed by atoms with Gasteiger partial charge in [0.25, 0.3) is 0 Å². The molecule has 0 spiro atoms. The molecule has 2 heterocycles. The van der Waals surface area contributed by atoms with E-state index in [-0.39, 0.29) is 36.7 Å². The van der Waals surface area contributed by atoms with E-state index in [1.54, 1.807) is 44.9 Å². The summed E-state index contributed by atoms with van der Waals surface area (Å²) in [5, 5.41) is 21.9. The molecule has 0 amide bonds. The maximum atomic E-state index is 11.5. The minimum atomic E-state index is -0.741. The van der Waals surface area contributed by atoms with Crippen LogP contribution in [-0.2, 0) is 23.8 Å². The van der Waals surface area contributed by atoms with E-state index < -0.39 is 18.1 Å². The van der Waals surface area contributed by atoms with E-state index >= 15 is 0 Å². The Morgan fingerprint density at radius 2 is 1.69 bits per heavy atom. The van der Waals surface area contributed by atoms with E-state index in [1.807, 2.05) is 13.8 Å². The number of nitrogens with zero attached hydrogens (tertiary/aromatic N) is 3. The molecule has 1 saturated heterocycles. The molecule has 36 heavy (non-hydrogen) atoms. The first-order chi connectivity index (χ1) is 16.8. The molecule has 2 aliphatic heterocycles. The number of carboxylic acid groups (broad SMARTS) is 2. The van der Waals surface area contributed by atoms with E-state index in [9.17, 15) is 14.4 Å². The van der Waals surface area contributed by atoms with Gasteiger partial charge in [-0.15, -0.1) is 0 Å². The Hall–Kier alpha value is -3.41. The SMILES string of the molecule is C=C/C=C1/C(N)=NC=NN1C1CCC(COC(=O)OCC(C)C)O1.CC(C)C(=O)O.CC(C)C(=O)O. The Bertz CT molecular complexity index is 803. The Morgan fingerprint density at radius 1 is 1.14 bits per heavy atom. The van der Waals surface area contributed by atoms with Crippen molar-refractivity contribution in [3.05, 3.63) is 24.4 Å². The summed E-state index contributed by atoms with van der Waals surface area (Å²) in [6, 6.07) is 0. The van der Waals surface area contributed by atoms with Gasteiger partial charge in [0.1, 0.15) is 18.6 Å². The number of ether oxygens (including phenoxy) is 3. The molecule has 2 aliphatic rings.